The van der Waals surface area contributed by atoms with Crippen LogP contribution in [0.15, 0.2) is 24.3 Å². The van der Waals surface area contributed by atoms with Gasteiger partial charge < -0.3 is 0 Å². The molecule has 0 spiro atoms. The molecule has 12 heavy (non-hydrogen) atoms. The summed E-state index contributed by atoms with van der Waals surface area (Å²) in [6.45, 7) is 2.21. The summed E-state index contributed by atoms with van der Waals surface area (Å²) < 4.78 is 0. The summed E-state index contributed by atoms with van der Waals surface area (Å²) in [5.41, 5.74) is 2.40. The summed E-state index contributed by atoms with van der Waals surface area (Å²) in [4.78, 5) is 0. The van der Waals surface area contributed by atoms with E-state index in [1.165, 1.54) is 24.8 Å². The third kappa shape index (κ3) is 2.74. The lowest BCUT2D eigenvalue weighted by molar-refractivity contribution is 0.795. The van der Waals surface area contributed by atoms with Gasteiger partial charge in [0.15, 0.2) is 0 Å². The van der Waals surface area contributed by atoms with Crippen LogP contribution in [0.25, 0.3) is 0 Å². The van der Waals surface area contributed by atoms with Crippen molar-refractivity contribution in [3.63, 3.8) is 0 Å². The molecule has 0 aromatic heterocycles. The molecule has 0 saturated carbocycles. The van der Waals surface area contributed by atoms with Crippen LogP contribution in [0.4, 0.5) is 0 Å². The third-order valence-corrected chi connectivity index (χ3v) is 2.13. The van der Waals surface area contributed by atoms with Crippen LogP contribution in [0.2, 0.25) is 0 Å². The maximum Gasteiger partial charge on any atom is 0.0636 e. The van der Waals surface area contributed by atoms with E-state index in [-0.39, 0.29) is 0 Å². The highest BCUT2D eigenvalue weighted by molar-refractivity contribution is 7.79. The highest BCUT2D eigenvalue weighted by atomic mass is 32.1. The van der Waals surface area contributed by atoms with Crippen LogP contribution in [-0.2, 0) is 6.42 Å². The van der Waals surface area contributed by atoms with Crippen LogP contribution in [0.1, 0.15) is 30.9 Å². The first-order chi connectivity index (χ1) is 5.86. The highest BCUT2D eigenvalue weighted by Crippen LogP contribution is 2.06. The Morgan fingerprint density at radius 2 is 1.92 bits per heavy atom. The minimum Gasteiger partial charge on any atom is -0.0778 e. The van der Waals surface area contributed by atoms with E-state index in [1.807, 2.05) is 12.1 Å². The predicted octanol–water partition coefficient (Wildman–Crippen LogP) is 3.25. The van der Waals surface area contributed by atoms with Crippen molar-refractivity contribution in [2.45, 2.75) is 26.2 Å². The van der Waals surface area contributed by atoms with Crippen molar-refractivity contribution in [2.24, 2.45) is 0 Å². The van der Waals surface area contributed by atoms with E-state index in [4.69, 9.17) is 12.2 Å². The third-order valence-electron chi connectivity index (χ3n) is 1.89. The maximum atomic E-state index is 4.70. The van der Waals surface area contributed by atoms with Crippen LogP contribution in [0.5, 0.6) is 0 Å². The molecule has 0 amide bonds. The van der Waals surface area contributed by atoms with E-state index in [1.54, 1.807) is 0 Å². The Balaban J connectivity index is 2.58. The van der Waals surface area contributed by atoms with E-state index >= 15 is 0 Å². The molecular weight excluding hydrogens is 164 g/mol. The van der Waals surface area contributed by atoms with Gasteiger partial charge in [0.25, 0.3) is 0 Å². The van der Waals surface area contributed by atoms with Gasteiger partial charge in [-0.1, -0.05) is 49.8 Å². The zero-order chi connectivity index (χ0) is 8.81. The number of hydrogen-bond acceptors (Lipinski definition) is 1. The Hall–Kier alpha value is -0.690. The summed E-state index contributed by atoms with van der Waals surface area (Å²) in [6, 6.07) is 8.31. The molecule has 0 aliphatic carbocycles. The average molecular weight is 177 g/mol. The van der Waals surface area contributed by atoms with Gasteiger partial charge >= 0.3 is 0 Å². The Morgan fingerprint density at radius 1 is 1.25 bits per heavy atom. The normalized spacial score (nSPS) is 9.75. The molecule has 0 aliphatic rings. The monoisotopic (exact) mass is 177 g/mol. The van der Waals surface area contributed by atoms with Crippen molar-refractivity contribution in [1.29, 1.82) is 0 Å². The molecule has 1 aromatic rings. The summed E-state index contributed by atoms with van der Waals surface area (Å²) in [6.07, 6.45) is 3.69. The van der Waals surface area contributed by atoms with Crippen molar-refractivity contribution >= 4 is 17.6 Å². The van der Waals surface area contributed by atoms with Crippen molar-refractivity contribution < 1.29 is 0 Å². The molecule has 0 bridgehead atoms. The maximum absolute atomic E-state index is 4.70. The van der Waals surface area contributed by atoms with Gasteiger partial charge in [-0.05, 0) is 24.0 Å². The molecule has 1 heteroatoms. The first kappa shape index (κ1) is 9.40. The first-order valence-corrected chi connectivity index (χ1v) is 4.74. The fourth-order valence-electron chi connectivity index (χ4n) is 1.12. The molecule has 0 saturated heterocycles. The molecule has 0 aliphatic heterocycles. The molecular formula is C11H13S. The Labute approximate surface area is 79.6 Å². The summed E-state index contributed by atoms with van der Waals surface area (Å²) in [5.74, 6) is 0. The fourth-order valence-corrected chi connectivity index (χ4v) is 1.26. The predicted molar refractivity (Wildman–Crippen MR) is 56.8 cm³/mol. The lowest BCUT2D eigenvalue weighted by Gasteiger charge is -1.98. The van der Waals surface area contributed by atoms with Gasteiger partial charge in [0.1, 0.15) is 0 Å². The summed E-state index contributed by atoms with van der Waals surface area (Å²) in [7, 11) is 0. The molecule has 0 N–H and O–H groups in total. The van der Waals surface area contributed by atoms with Crippen molar-refractivity contribution in [1.82, 2.24) is 0 Å². The smallest absolute Gasteiger partial charge is 0.0636 e. The van der Waals surface area contributed by atoms with Gasteiger partial charge in [-0.25, -0.2) is 0 Å². The standard InChI is InChI=1S/C11H13S/c1-2-3-4-10-5-7-11(9-12)8-6-10/h5-8H,2-4H2,1H3. The summed E-state index contributed by atoms with van der Waals surface area (Å²) in [5, 5.41) is 2.69. The second-order valence-corrected chi connectivity index (χ2v) is 3.11. The summed E-state index contributed by atoms with van der Waals surface area (Å²) >= 11 is 4.70. The Kier molecular flexibility index (Phi) is 3.95. The van der Waals surface area contributed by atoms with Crippen molar-refractivity contribution in [2.75, 3.05) is 0 Å². The number of aryl methyl sites for hydroxylation is 1. The van der Waals surface area contributed by atoms with Gasteiger partial charge in [-0.15, -0.1) is 0 Å². The van der Waals surface area contributed by atoms with Gasteiger partial charge in [0, 0.05) is 0 Å². The number of benzene rings is 1. The molecule has 0 atom stereocenters. The van der Waals surface area contributed by atoms with Crippen LogP contribution >= 0.6 is 12.2 Å². The zero-order valence-corrected chi connectivity index (χ0v) is 8.16. The second-order valence-electron chi connectivity index (χ2n) is 2.90. The highest BCUT2D eigenvalue weighted by Gasteiger charge is 1.91. The van der Waals surface area contributed by atoms with Crippen LogP contribution in [-0.4, -0.2) is 5.37 Å². The Morgan fingerprint density at radius 3 is 2.42 bits per heavy atom. The molecule has 0 nitrogen and oxygen atoms in total. The van der Waals surface area contributed by atoms with E-state index in [9.17, 15) is 0 Å². The SMILES string of the molecule is CCCCc1ccc([C]=S)cc1. The molecule has 1 radical (unpaired) electrons. The number of hydrogen-bond donors (Lipinski definition) is 0. The second kappa shape index (κ2) is 5.04. The average Bonchev–Trinajstić information content (AvgIpc) is 2.15. The molecule has 0 unspecified atom stereocenters. The van der Waals surface area contributed by atoms with E-state index in [0.29, 0.717) is 0 Å². The van der Waals surface area contributed by atoms with Crippen LogP contribution in [0, 0.1) is 0 Å². The Bertz CT molecular complexity index is 236. The largest absolute Gasteiger partial charge is 0.0778 e. The van der Waals surface area contributed by atoms with Crippen LogP contribution in [0.3, 0.4) is 0 Å². The fraction of sp³-hybridized carbons (Fsp3) is 0.364. The van der Waals surface area contributed by atoms with Gasteiger partial charge in [0.05, 0.1) is 5.37 Å². The molecule has 0 heterocycles. The van der Waals surface area contributed by atoms with E-state index < -0.39 is 0 Å². The van der Waals surface area contributed by atoms with Crippen LogP contribution < -0.4 is 0 Å². The quantitative estimate of drug-likeness (QED) is 0.636. The molecule has 1 rings (SSSR count). The molecule has 63 valence electrons. The topological polar surface area (TPSA) is 0 Å². The lowest BCUT2D eigenvalue weighted by Crippen LogP contribution is -1.85. The van der Waals surface area contributed by atoms with Crippen molar-refractivity contribution in [3.05, 3.63) is 35.4 Å². The van der Waals surface area contributed by atoms with Gasteiger partial charge in [-0.3, -0.25) is 0 Å². The number of rotatable bonds is 4. The van der Waals surface area contributed by atoms with E-state index in [0.717, 1.165) is 5.56 Å². The van der Waals surface area contributed by atoms with Gasteiger partial charge in [0.2, 0.25) is 0 Å². The minimum atomic E-state index is 1.00. The lowest BCUT2D eigenvalue weighted by atomic mass is 10.1. The number of unbranched alkanes of at least 4 members (excludes halogenated alkanes) is 1. The minimum absolute atomic E-state index is 1.00. The van der Waals surface area contributed by atoms with E-state index in [2.05, 4.69) is 24.4 Å². The zero-order valence-electron chi connectivity index (χ0n) is 7.34. The first-order valence-electron chi connectivity index (χ1n) is 4.34. The molecule has 1 aromatic carbocycles. The van der Waals surface area contributed by atoms with Gasteiger partial charge in [-0.2, -0.15) is 0 Å². The van der Waals surface area contributed by atoms with Crippen molar-refractivity contribution in [3.8, 4) is 0 Å². The number of thiocarbonyl (C=S) groups is 1. The molecule has 0 fully saturated rings.